The van der Waals surface area contributed by atoms with Crippen LogP contribution >= 0.6 is 0 Å². The predicted molar refractivity (Wildman–Crippen MR) is 140 cm³/mol. The fourth-order valence-electron chi connectivity index (χ4n) is 6.87. The molecular weight excluding hydrogens is 695 g/mol. The van der Waals surface area contributed by atoms with Crippen molar-refractivity contribution in [2.45, 2.75) is 138 Å². The maximum Gasteiger partial charge on any atom is 0.460 e. The maximum atomic E-state index is 14.7. The Hall–Kier alpha value is -1.97. The topological polar surface area (TPSA) is 0 Å². The maximum absolute atomic E-state index is 14.7. The van der Waals surface area contributed by atoms with Crippen LogP contribution in [0, 0.1) is 17.8 Å². The largest absolute Gasteiger partial charge is 0.460 e. The summed E-state index contributed by atoms with van der Waals surface area (Å²) < 4.78 is 232. The van der Waals surface area contributed by atoms with Crippen LogP contribution in [-0.4, -0.2) is 41.7 Å². The molecule has 0 atom stereocenters. The molecule has 0 unspecified atom stereocenters. The van der Waals surface area contributed by atoms with Crippen LogP contribution in [0.15, 0.2) is 24.3 Å². The standard InChI is InChI=1S/C31H35F17/c1-2-3-4-5-18-6-8-19(9-7-18)20-10-12-21(13-11-20)22-14-16-23(17-15-22)24(32,33)25(34,35)26(36,37)27(38,39)28(40,41)29(42,43)30(44,45)31(46,47)48/h14-21H,2-13H2,1H3. The molecule has 3 rings (SSSR count). The molecular formula is C31H35F17. The van der Waals surface area contributed by atoms with E-state index in [2.05, 4.69) is 6.92 Å². The van der Waals surface area contributed by atoms with Gasteiger partial charge in [0, 0.05) is 5.56 Å². The molecule has 0 N–H and O–H groups in total. The lowest BCUT2D eigenvalue weighted by atomic mass is 9.68. The summed E-state index contributed by atoms with van der Waals surface area (Å²) in [7, 11) is 0. The van der Waals surface area contributed by atoms with E-state index in [0.29, 0.717) is 30.6 Å². The summed E-state index contributed by atoms with van der Waals surface area (Å²) in [5.74, 6) is -55.1. The van der Waals surface area contributed by atoms with Gasteiger partial charge in [-0.3, -0.25) is 0 Å². The molecule has 0 radical (unpaired) electrons. The van der Waals surface area contributed by atoms with E-state index in [-0.39, 0.29) is 23.6 Å². The summed E-state index contributed by atoms with van der Waals surface area (Å²) in [5.41, 5.74) is -1.89. The first-order valence-corrected chi connectivity index (χ1v) is 15.5. The smallest absolute Gasteiger partial charge is 0.194 e. The first kappa shape index (κ1) is 40.5. The van der Waals surface area contributed by atoms with Gasteiger partial charge in [0.1, 0.15) is 0 Å². The monoisotopic (exact) mass is 730 g/mol. The average molecular weight is 731 g/mol. The molecule has 2 aliphatic rings. The Bertz CT molecular complexity index is 1190. The van der Waals surface area contributed by atoms with Crippen LogP contribution in [0.3, 0.4) is 0 Å². The molecule has 278 valence electrons. The van der Waals surface area contributed by atoms with Gasteiger partial charge in [0.05, 0.1) is 0 Å². The third kappa shape index (κ3) is 6.73. The summed E-state index contributed by atoms with van der Waals surface area (Å²) in [4.78, 5) is 0. The lowest BCUT2D eigenvalue weighted by Crippen LogP contribution is -2.74. The molecule has 0 aromatic heterocycles. The van der Waals surface area contributed by atoms with E-state index in [1.54, 1.807) is 0 Å². The van der Waals surface area contributed by atoms with Gasteiger partial charge in [-0.15, -0.1) is 0 Å². The molecule has 0 heterocycles. The zero-order valence-electron chi connectivity index (χ0n) is 25.5. The average Bonchev–Trinajstić information content (AvgIpc) is 3.00. The third-order valence-corrected chi connectivity index (χ3v) is 10.0. The molecule has 2 fully saturated rings. The molecule has 1 aromatic carbocycles. The van der Waals surface area contributed by atoms with Crippen LogP contribution < -0.4 is 0 Å². The molecule has 0 amide bonds. The lowest BCUT2D eigenvalue weighted by molar-refractivity contribution is -0.462. The van der Waals surface area contributed by atoms with Crippen LogP contribution in [0.5, 0.6) is 0 Å². The highest BCUT2D eigenvalue weighted by molar-refractivity contribution is 5.31. The van der Waals surface area contributed by atoms with Crippen LogP contribution in [0.25, 0.3) is 0 Å². The number of hydrogen-bond donors (Lipinski definition) is 0. The first-order chi connectivity index (χ1) is 21.7. The minimum atomic E-state index is -8.63. The number of rotatable bonds is 13. The second-order valence-electron chi connectivity index (χ2n) is 13.0. The predicted octanol–water partition coefficient (Wildman–Crippen LogP) is 12.8. The molecule has 0 nitrogen and oxygen atoms in total. The van der Waals surface area contributed by atoms with E-state index in [0.717, 1.165) is 57.1 Å². The molecule has 17 heteroatoms. The quantitative estimate of drug-likeness (QED) is 0.140. The van der Waals surface area contributed by atoms with Crippen molar-refractivity contribution in [2.75, 3.05) is 0 Å². The van der Waals surface area contributed by atoms with Gasteiger partial charge in [-0.1, -0.05) is 69.7 Å². The van der Waals surface area contributed by atoms with Crippen molar-refractivity contribution >= 4 is 0 Å². The van der Waals surface area contributed by atoms with Crippen molar-refractivity contribution in [1.82, 2.24) is 0 Å². The van der Waals surface area contributed by atoms with Crippen molar-refractivity contribution in [1.29, 1.82) is 0 Å². The molecule has 1 aromatic rings. The van der Waals surface area contributed by atoms with Gasteiger partial charge in [0.25, 0.3) is 0 Å². The van der Waals surface area contributed by atoms with E-state index >= 15 is 0 Å². The second kappa shape index (κ2) is 13.6. The van der Waals surface area contributed by atoms with Crippen LogP contribution in [-0.2, 0) is 5.92 Å². The van der Waals surface area contributed by atoms with Gasteiger partial charge < -0.3 is 0 Å². The van der Waals surface area contributed by atoms with E-state index in [4.69, 9.17) is 0 Å². The van der Waals surface area contributed by atoms with Gasteiger partial charge in [0.15, 0.2) is 0 Å². The number of unbranched alkanes of at least 4 members (excludes halogenated alkanes) is 2. The van der Waals surface area contributed by atoms with E-state index < -0.39 is 53.2 Å². The molecule has 0 bridgehead atoms. The first-order valence-electron chi connectivity index (χ1n) is 15.5. The van der Waals surface area contributed by atoms with E-state index in [9.17, 15) is 74.6 Å². The zero-order valence-corrected chi connectivity index (χ0v) is 25.5. The normalized spacial score (nSPS) is 24.5. The Labute approximate surface area is 265 Å². The summed E-state index contributed by atoms with van der Waals surface area (Å²) in [6.07, 6.45) is 3.92. The van der Waals surface area contributed by atoms with Crippen molar-refractivity contribution in [3.05, 3.63) is 35.4 Å². The van der Waals surface area contributed by atoms with Crippen molar-refractivity contribution in [3.8, 4) is 0 Å². The van der Waals surface area contributed by atoms with Gasteiger partial charge in [-0.2, -0.15) is 74.6 Å². The highest BCUT2D eigenvalue weighted by Gasteiger charge is 2.95. The van der Waals surface area contributed by atoms with Gasteiger partial charge in [0.2, 0.25) is 0 Å². The number of halogens is 17. The van der Waals surface area contributed by atoms with Crippen molar-refractivity contribution < 1.29 is 74.6 Å². The molecule has 0 spiro atoms. The summed E-state index contributed by atoms with van der Waals surface area (Å²) in [5, 5.41) is 0. The Morgan fingerprint density at radius 3 is 1.29 bits per heavy atom. The highest BCUT2D eigenvalue weighted by atomic mass is 19.4. The zero-order chi connectivity index (χ0) is 36.8. The number of benzene rings is 1. The van der Waals surface area contributed by atoms with Gasteiger partial charge in [-0.05, 0) is 67.8 Å². The van der Waals surface area contributed by atoms with Crippen LogP contribution in [0.1, 0.15) is 101 Å². The fraction of sp³-hybridized carbons (Fsp3) is 0.806. The molecule has 48 heavy (non-hydrogen) atoms. The molecule has 0 saturated heterocycles. The van der Waals surface area contributed by atoms with Crippen LogP contribution in [0.2, 0.25) is 0 Å². The van der Waals surface area contributed by atoms with Crippen LogP contribution in [0.4, 0.5) is 74.6 Å². The minimum absolute atomic E-state index is 0.105. The Morgan fingerprint density at radius 2 is 0.875 bits per heavy atom. The minimum Gasteiger partial charge on any atom is -0.194 e. The van der Waals surface area contributed by atoms with Gasteiger partial charge >= 0.3 is 47.6 Å². The summed E-state index contributed by atoms with van der Waals surface area (Å²) in [6.45, 7) is 2.13. The Balaban J connectivity index is 1.74. The molecule has 2 aliphatic carbocycles. The fourth-order valence-corrected chi connectivity index (χ4v) is 6.87. The van der Waals surface area contributed by atoms with Crippen molar-refractivity contribution in [2.24, 2.45) is 17.8 Å². The summed E-state index contributed by atoms with van der Waals surface area (Å²) >= 11 is 0. The van der Waals surface area contributed by atoms with E-state index in [1.807, 2.05) is 0 Å². The third-order valence-electron chi connectivity index (χ3n) is 10.0. The Kier molecular flexibility index (Phi) is 11.5. The van der Waals surface area contributed by atoms with E-state index in [1.165, 1.54) is 19.3 Å². The molecule has 0 aliphatic heterocycles. The lowest BCUT2D eigenvalue weighted by Gasteiger charge is -2.42. The van der Waals surface area contributed by atoms with Crippen molar-refractivity contribution in [3.63, 3.8) is 0 Å². The second-order valence-corrected chi connectivity index (χ2v) is 13.0. The highest BCUT2D eigenvalue weighted by Crippen LogP contribution is 2.65. The van der Waals surface area contributed by atoms with Gasteiger partial charge in [-0.25, -0.2) is 0 Å². The summed E-state index contributed by atoms with van der Waals surface area (Å²) in [6, 6.07) is 1.78. The Morgan fingerprint density at radius 1 is 0.479 bits per heavy atom. The number of hydrogen-bond acceptors (Lipinski definition) is 0. The molecule has 2 saturated carbocycles. The number of alkyl halides is 17. The SMILES string of the molecule is CCCCCC1CCC(C2CCC(c3ccc(C(F)(F)C(F)(F)C(F)(F)C(F)(F)C(F)(F)C(F)(F)C(F)(F)C(F)(F)F)cc3)CC2)CC1.